The monoisotopic (exact) mass is 658 g/mol. The highest BCUT2D eigenvalue weighted by molar-refractivity contribution is 7.99. The van der Waals surface area contributed by atoms with Gasteiger partial charge in [-0.2, -0.15) is 0 Å². The fourth-order valence-corrected chi connectivity index (χ4v) is 7.87. The number of anilines is 4. The Morgan fingerprint density at radius 1 is 1.00 bits per heavy atom. The number of benzene rings is 1. The summed E-state index contributed by atoms with van der Waals surface area (Å²) in [4.78, 5) is 47.8. The van der Waals surface area contributed by atoms with Gasteiger partial charge in [0.15, 0.2) is 5.82 Å². The Morgan fingerprint density at radius 3 is 2.49 bits per heavy atom. The molecule has 3 amide bonds. The summed E-state index contributed by atoms with van der Waals surface area (Å²) in [5, 5.41) is 3.10. The molecular formula is C33H42N10O3S. The number of ether oxygens (including phenoxy) is 1. The van der Waals surface area contributed by atoms with Gasteiger partial charge in [-0.05, 0) is 43.5 Å². The summed E-state index contributed by atoms with van der Waals surface area (Å²) in [5.74, 6) is 1.90. The standard InChI is InChI=1S/C33H42N10O3S/c1-22-29(34)33(21-46-22)8-12-41(13-9-33)27-19-37-31(30(35)38-27)47-24-6-10-36-26(18-24)42-16-14-40(15-17-42)20-23-4-2-3-5-25(23)43-11-7-28(44)39-32(43)45/h2-6,10,18-19,22,29H,7-9,11-17,20-21,34H2,1H3,(H2,35,38)(H,39,44,45)/t22-,29+/m0/s1. The van der Waals surface area contributed by atoms with Gasteiger partial charge >= 0.3 is 6.03 Å². The van der Waals surface area contributed by atoms with Gasteiger partial charge in [0.2, 0.25) is 5.91 Å². The summed E-state index contributed by atoms with van der Waals surface area (Å²) in [6.07, 6.45) is 6.00. The molecule has 0 unspecified atom stereocenters. The maximum absolute atomic E-state index is 12.5. The number of carbonyl (C=O) groups is 2. The van der Waals surface area contributed by atoms with Crippen molar-refractivity contribution in [2.75, 3.05) is 72.9 Å². The van der Waals surface area contributed by atoms with Crippen LogP contribution in [0.3, 0.4) is 0 Å². The van der Waals surface area contributed by atoms with Crippen molar-refractivity contribution < 1.29 is 14.3 Å². The van der Waals surface area contributed by atoms with E-state index in [1.807, 2.05) is 36.7 Å². The van der Waals surface area contributed by atoms with Crippen molar-refractivity contribution in [3.8, 4) is 0 Å². The number of hydrogen-bond acceptors (Lipinski definition) is 12. The Hall–Kier alpha value is -3.98. The Balaban J connectivity index is 0.942. The first kappa shape index (κ1) is 31.6. The molecule has 4 saturated heterocycles. The number of nitrogen functional groups attached to an aromatic ring is 1. The smallest absolute Gasteiger partial charge is 0.328 e. The van der Waals surface area contributed by atoms with E-state index in [1.165, 1.54) is 11.8 Å². The van der Waals surface area contributed by atoms with Crippen molar-refractivity contribution >= 4 is 46.8 Å². The van der Waals surface area contributed by atoms with Gasteiger partial charge in [-0.1, -0.05) is 30.0 Å². The summed E-state index contributed by atoms with van der Waals surface area (Å²) >= 11 is 1.50. The van der Waals surface area contributed by atoms with Gasteiger partial charge < -0.3 is 26.0 Å². The maximum atomic E-state index is 12.5. The predicted octanol–water partition coefficient (Wildman–Crippen LogP) is 2.71. The van der Waals surface area contributed by atoms with Crippen molar-refractivity contribution in [2.45, 2.75) is 54.8 Å². The summed E-state index contributed by atoms with van der Waals surface area (Å²) in [7, 11) is 0. The van der Waals surface area contributed by atoms with Crippen molar-refractivity contribution in [3.63, 3.8) is 0 Å². The molecule has 1 spiro atoms. The highest BCUT2D eigenvalue weighted by Crippen LogP contribution is 2.42. The van der Waals surface area contributed by atoms with Crippen molar-refractivity contribution in [2.24, 2.45) is 11.1 Å². The lowest BCUT2D eigenvalue weighted by Crippen LogP contribution is -2.50. The second-order valence-corrected chi connectivity index (χ2v) is 14.0. The Labute approximate surface area is 279 Å². The average molecular weight is 659 g/mol. The lowest BCUT2D eigenvalue weighted by molar-refractivity contribution is -0.120. The van der Waals surface area contributed by atoms with Crippen LogP contribution in [0.25, 0.3) is 0 Å². The van der Waals surface area contributed by atoms with Crippen molar-refractivity contribution in [3.05, 3.63) is 54.4 Å². The molecule has 1 aromatic carbocycles. The Kier molecular flexibility index (Phi) is 8.92. The molecule has 7 rings (SSSR count). The minimum absolute atomic E-state index is 0.0534. The summed E-state index contributed by atoms with van der Waals surface area (Å²) < 4.78 is 5.87. The number of carbonyl (C=O) groups excluding carboxylic acids is 2. The third-order valence-electron chi connectivity index (χ3n) is 10.0. The first-order valence-electron chi connectivity index (χ1n) is 16.3. The van der Waals surface area contributed by atoms with Gasteiger partial charge in [0.1, 0.15) is 16.7 Å². The lowest BCUT2D eigenvalue weighted by atomic mass is 9.73. The second-order valence-electron chi connectivity index (χ2n) is 12.9. The number of nitrogens with two attached hydrogens (primary N) is 2. The van der Waals surface area contributed by atoms with E-state index in [0.29, 0.717) is 23.8 Å². The van der Waals surface area contributed by atoms with E-state index in [9.17, 15) is 9.59 Å². The highest BCUT2D eigenvalue weighted by Gasteiger charge is 2.47. The van der Waals surface area contributed by atoms with Crippen LogP contribution in [0.1, 0.15) is 31.7 Å². The third kappa shape index (κ3) is 6.59. The van der Waals surface area contributed by atoms with Crippen LogP contribution in [0.4, 0.5) is 27.9 Å². The molecule has 14 heteroatoms. The number of amides is 3. The van der Waals surface area contributed by atoms with Crippen LogP contribution in [0.15, 0.2) is 58.7 Å². The van der Waals surface area contributed by atoms with E-state index in [-0.39, 0.29) is 29.5 Å². The molecule has 6 heterocycles. The number of rotatable bonds is 7. The van der Waals surface area contributed by atoms with Gasteiger partial charge in [0.25, 0.3) is 0 Å². The molecule has 2 atom stereocenters. The van der Waals surface area contributed by atoms with Crippen LogP contribution in [-0.2, 0) is 16.1 Å². The third-order valence-corrected chi connectivity index (χ3v) is 11.0. The molecule has 0 aliphatic carbocycles. The minimum atomic E-state index is -0.360. The van der Waals surface area contributed by atoms with E-state index < -0.39 is 0 Å². The fourth-order valence-electron chi connectivity index (χ4n) is 7.09. The van der Waals surface area contributed by atoms with E-state index in [1.54, 1.807) is 4.90 Å². The number of para-hydroxylation sites is 1. The largest absolute Gasteiger partial charge is 0.381 e. The topological polar surface area (TPSA) is 159 Å². The molecule has 13 nitrogen and oxygen atoms in total. The quantitative estimate of drug-likeness (QED) is 0.341. The number of piperidine rings is 1. The molecule has 0 bridgehead atoms. The summed E-state index contributed by atoms with van der Waals surface area (Å²) in [5.41, 5.74) is 14.9. The van der Waals surface area contributed by atoms with Crippen LogP contribution < -0.4 is 31.5 Å². The minimum Gasteiger partial charge on any atom is -0.381 e. The number of urea groups is 1. The molecular weight excluding hydrogens is 616 g/mol. The van der Waals surface area contributed by atoms with Crippen LogP contribution in [0, 0.1) is 5.41 Å². The summed E-state index contributed by atoms with van der Waals surface area (Å²) in [6, 6.07) is 11.7. The normalized spacial score (nSPS) is 23.4. The molecule has 0 saturated carbocycles. The molecule has 2 aromatic heterocycles. The van der Waals surface area contributed by atoms with Crippen LogP contribution in [0.2, 0.25) is 0 Å². The number of aromatic nitrogens is 3. The molecule has 47 heavy (non-hydrogen) atoms. The van der Waals surface area contributed by atoms with Gasteiger partial charge in [-0.3, -0.25) is 19.9 Å². The number of pyridine rings is 1. The van der Waals surface area contributed by atoms with Crippen molar-refractivity contribution in [1.82, 2.24) is 25.2 Å². The predicted molar refractivity (Wildman–Crippen MR) is 182 cm³/mol. The fraction of sp³-hybridized carbons (Fsp3) is 0.485. The molecule has 5 N–H and O–H groups in total. The molecule has 248 valence electrons. The molecule has 4 aliphatic rings. The average Bonchev–Trinajstić information content (AvgIpc) is 3.35. The molecule has 4 fully saturated rings. The number of piperazine rings is 1. The number of imide groups is 1. The van der Waals surface area contributed by atoms with E-state index >= 15 is 0 Å². The zero-order valence-electron chi connectivity index (χ0n) is 26.7. The van der Waals surface area contributed by atoms with Crippen molar-refractivity contribution in [1.29, 1.82) is 0 Å². The lowest BCUT2D eigenvalue weighted by Gasteiger charge is -2.41. The zero-order chi connectivity index (χ0) is 32.5. The molecule has 4 aliphatic heterocycles. The van der Waals surface area contributed by atoms with Gasteiger partial charge in [-0.25, -0.2) is 19.7 Å². The highest BCUT2D eigenvalue weighted by atomic mass is 32.2. The van der Waals surface area contributed by atoms with Crippen LogP contribution >= 0.6 is 11.8 Å². The molecule has 3 aromatic rings. The molecule has 0 radical (unpaired) electrons. The van der Waals surface area contributed by atoms with Crippen LogP contribution in [0.5, 0.6) is 0 Å². The SMILES string of the molecule is C[C@@H]1OCC2(CCN(c3cnc(Sc4ccnc(N5CCN(Cc6ccccc6N6CCC(=O)NC6=O)CC5)c4)c(N)n3)CC2)[C@@H]1N. The maximum Gasteiger partial charge on any atom is 0.328 e. The first-order chi connectivity index (χ1) is 22.8. The van der Waals surface area contributed by atoms with E-state index in [2.05, 4.69) is 44.1 Å². The van der Waals surface area contributed by atoms with E-state index in [0.717, 1.165) is 93.0 Å². The zero-order valence-corrected chi connectivity index (χ0v) is 27.5. The van der Waals surface area contributed by atoms with Gasteiger partial charge in [-0.15, -0.1) is 0 Å². The Morgan fingerprint density at radius 2 is 1.77 bits per heavy atom. The number of hydrogen-bond donors (Lipinski definition) is 3. The Bertz CT molecular complexity index is 1630. The second kappa shape index (κ2) is 13.3. The van der Waals surface area contributed by atoms with Gasteiger partial charge in [0.05, 0.1) is 18.9 Å². The summed E-state index contributed by atoms with van der Waals surface area (Å²) in [6.45, 7) is 8.98. The van der Waals surface area contributed by atoms with E-state index in [4.69, 9.17) is 26.2 Å². The number of nitrogens with zero attached hydrogens (tertiary/aromatic N) is 7. The van der Waals surface area contributed by atoms with Gasteiger partial charge in [0, 0.05) is 87.0 Å². The number of nitrogens with one attached hydrogen (secondary N) is 1. The van der Waals surface area contributed by atoms with Crippen LogP contribution in [-0.4, -0.2) is 96.4 Å². The first-order valence-corrected chi connectivity index (χ1v) is 17.1.